The molecule has 0 spiro atoms. The number of aromatic nitrogens is 2. The van der Waals surface area contributed by atoms with Gasteiger partial charge in [-0.15, -0.1) is 0 Å². The molecule has 0 radical (unpaired) electrons. The van der Waals surface area contributed by atoms with Crippen molar-refractivity contribution in [1.29, 1.82) is 0 Å². The number of rotatable bonds is 6. The number of carbonyl (C=O) groups excluding carboxylic acids is 2. The van der Waals surface area contributed by atoms with Gasteiger partial charge in [-0.1, -0.05) is 13.8 Å². The van der Waals surface area contributed by atoms with Crippen molar-refractivity contribution in [2.24, 2.45) is 5.92 Å². The van der Waals surface area contributed by atoms with Crippen molar-refractivity contribution in [3.63, 3.8) is 0 Å². The van der Waals surface area contributed by atoms with E-state index in [0.717, 1.165) is 12.2 Å². The highest BCUT2D eigenvalue weighted by Crippen LogP contribution is 2.14. The monoisotopic (exact) mass is 350 g/mol. The van der Waals surface area contributed by atoms with Crippen LogP contribution in [0.2, 0.25) is 0 Å². The molecule has 1 aromatic rings. The lowest BCUT2D eigenvalue weighted by Crippen LogP contribution is -2.48. The van der Waals surface area contributed by atoms with Crippen LogP contribution in [0.3, 0.4) is 0 Å². The molecule has 1 aliphatic rings. The number of hydrogen-bond acceptors (Lipinski definition) is 4. The maximum atomic E-state index is 12.4. The highest BCUT2D eigenvalue weighted by Gasteiger charge is 2.25. The molecule has 0 fully saturated rings. The Morgan fingerprint density at radius 1 is 1.28 bits per heavy atom. The molecule has 8 nitrogen and oxygen atoms in total. The van der Waals surface area contributed by atoms with E-state index in [1.54, 1.807) is 11.0 Å². The van der Waals surface area contributed by atoms with E-state index >= 15 is 0 Å². The average molecular weight is 350 g/mol. The zero-order valence-electron chi connectivity index (χ0n) is 15.9. The summed E-state index contributed by atoms with van der Waals surface area (Å²) in [7, 11) is 3.92. The third-order valence-electron chi connectivity index (χ3n) is 4.51. The Morgan fingerprint density at radius 3 is 2.64 bits per heavy atom. The van der Waals surface area contributed by atoms with Crippen LogP contribution in [0.1, 0.15) is 37.0 Å². The zero-order chi connectivity index (χ0) is 18.6. The fraction of sp³-hybridized carbons (Fsp3) is 0.706. The number of nitrogens with zero attached hydrogens (tertiary/aromatic N) is 4. The van der Waals surface area contributed by atoms with Gasteiger partial charge in [-0.3, -0.25) is 9.48 Å². The van der Waals surface area contributed by atoms with E-state index in [4.69, 9.17) is 0 Å². The Labute approximate surface area is 149 Å². The van der Waals surface area contributed by atoms with Crippen molar-refractivity contribution in [2.45, 2.75) is 39.9 Å². The van der Waals surface area contributed by atoms with Crippen LogP contribution in [0.4, 0.5) is 4.79 Å². The predicted molar refractivity (Wildman–Crippen MR) is 96.4 cm³/mol. The van der Waals surface area contributed by atoms with E-state index in [-0.39, 0.29) is 18.0 Å². The quantitative estimate of drug-likeness (QED) is 0.793. The molecule has 140 valence electrons. The van der Waals surface area contributed by atoms with E-state index in [2.05, 4.69) is 29.6 Å². The first-order chi connectivity index (χ1) is 11.8. The fourth-order valence-corrected chi connectivity index (χ4v) is 2.49. The smallest absolute Gasteiger partial charge is 0.318 e. The lowest BCUT2D eigenvalue weighted by molar-refractivity contribution is 0.0945. The third kappa shape index (κ3) is 5.19. The summed E-state index contributed by atoms with van der Waals surface area (Å²) in [5.41, 5.74) is 1.29. The normalized spacial score (nSPS) is 15.2. The van der Waals surface area contributed by atoms with E-state index in [1.165, 1.54) is 0 Å². The SMILES string of the molecule is CC(C)[C@@H](C)NC(=O)N1CCn2nc(C(=O)NCCN(C)C)cc2C1. The molecule has 2 N–H and O–H groups in total. The molecule has 25 heavy (non-hydrogen) atoms. The van der Waals surface area contributed by atoms with E-state index in [1.807, 2.05) is 30.6 Å². The highest BCUT2D eigenvalue weighted by atomic mass is 16.2. The number of fused-ring (bicyclic) bond motifs is 1. The summed E-state index contributed by atoms with van der Waals surface area (Å²) in [6.07, 6.45) is 0. The molecule has 0 aromatic carbocycles. The minimum Gasteiger partial charge on any atom is -0.349 e. The second kappa shape index (κ2) is 8.33. The Hall–Kier alpha value is -2.09. The van der Waals surface area contributed by atoms with Crippen LogP contribution in [0.15, 0.2) is 6.07 Å². The number of amides is 3. The van der Waals surface area contributed by atoms with Crippen LogP contribution in [-0.4, -0.2) is 71.3 Å². The Bertz CT molecular complexity index is 610. The van der Waals surface area contributed by atoms with Crippen molar-refractivity contribution < 1.29 is 9.59 Å². The summed E-state index contributed by atoms with van der Waals surface area (Å²) in [6.45, 7) is 9.18. The molecular weight excluding hydrogens is 320 g/mol. The summed E-state index contributed by atoms with van der Waals surface area (Å²) in [4.78, 5) is 28.3. The van der Waals surface area contributed by atoms with E-state index in [9.17, 15) is 9.59 Å². The van der Waals surface area contributed by atoms with Crippen molar-refractivity contribution in [3.05, 3.63) is 17.5 Å². The van der Waals surface area contributed by atoms with Gasteiger partial charge >= 0.3 is 6.03 Å². The van der Waals surface area contributed by atoms with E-state index < -0.39 is 0 Å². The second-order valence-electron chi connectivity index (χ2n) is 7.21. The number of hydrogen-bond donors (Lipinski definition) is 2. The lowest BCUT2D eigenvalue weighted by atomic mass is 10.1. The molecular formula is C17H30N6O2. The minimum atomic E-state index is -0.173. The van der Waals surface area contributed by atoms with Gasteiger partial charge in [-0.25, -0.2) is 4.79 Å². The topological polar surface area (TPSA) is 82.5 Å². The molecule has 2 rings (SSSR count). The summed E-state index contributed by atoms with van der Waals surface area (Å²) < 4.78 is 1.82. The Kier molecular flexibility index (Phi) is 6.41. The number of likely N-dealkylation sites (N-methyl/N-ethyl adjacent to an activating group) is 1. The first kappa shape index (κ1) is 19.2. The zero-order valence-corrected chi connectivity index (χ0v) is 15.9. The molecule has 1 aliphatic heterocycles. The van der Waals surface area contributed by atoms with Crippen molar-refractivity contribution >= 4 is 11.9 Å². The summed E-state index contributed by atoms with van der Waals surface area (Å²) >= 11 is 0. The molecule has 1 aromatic heterocycles. The van der Waals surface area contributed by atoms with Gasteiger partial charge in [-0.2, -0.15) is 5.10 Å². The van der Waals surface area contributed by atoms with Gasteiger partial charge in [0, 0.05) is 25.7 Å². The number of nitrogens with one attached hydrogen (secondary N) is 2. The number of urea groups is 1. The van der Waals surface area contributed by atoms with Crippen LogP contribution in [-0.2, 0) is 13.1 Å². The van der Waals surface area contributed by atoms with Crippen LogP contribution in [0, 0.1) is 5.92 Å². The van der Waals surface area contributed by atoms with Crippen LogP contribution in [0.25, 0.3) is 0 Å². The predicted octanol–water partition coefficient (Wildman–Crippen LogP) is 0.744. The molecule has 0 aliphatic carbocycles. The van der Waals surface area contributed by atoms with Gasteiger partial charge in [-0.05, 0) is 33.0 Å². The van der Waals surface area contributed by atoms with Gasteiger partial charge in [0.05, 0.1) is 18.8 Å². The molecule has 2 heterocycles. The number of carbonyl (C=O) groups is 2. The molecule has 1 atom stereocenters. The maximum absolute atomic E-state index is 12.4. The third-order valence-corrected chi connectivity index (χ3v) is 4.51. The second-order valence-corrected chi connectivity index (χ2v) is 7.21. The minimum absolute atomic E-state index is 0.0642. The Balaban J connectivity index is 1.94. The first-order valence-corrected chi connectivity index (χ1v) is 8.83. The molecule has 8 heteroatoms. The van der Waals surface area contributed by atoms with Crippen molar-refractivity contribution in [2.75, 3.05) is 33.7 Å². The van der Waals surface area contributed by atoms with Crippen molar-refractivity contribution in [3.8, 4) is 0 Å². The van der Waals surface area contributed by atoms with Gasteiger partial charge in [0.2, 0.25) is 0 Å². The first-order valence-electron chi connectivity index (χ1n) is 8.83. The van der Waals surface area contributed by atoms with Gasteiger partial charge < -0.3 is 20.4 Å². The van der Waals surface area contributed by atoms with Crippen molar-refractivity contribution in [1.82, 2.24) is 30.2 Å². The van der Waals surface area contributed by atoms with Gasteiger partial charge in [0.1, 0.15) is 0 Å². The van der Waals surface area contributed by atoms with Crippen LogP contribution < -0.4 is 10.6 Å². The Morgan fingerprint density at radius 2 is 2.00 bits per heavy atom. The van der Waals surface area contributed by atoms with Gasteiger partial charge in [0.25, 0.3) is 5.91 Å². The average Bonchev–Trinajstić information content (AvgIpc) is 2.97. The summed E-state index contributed by atoms with van der Waals surface area (Å²) in [5, 5.41) is 10.2. The lowest BCUT2D eigenvalue weighted by Gasteiger charge is -2.29. The van der Waals surface area contributed by atoms with E-state index in [0.29, 0.717) is 37.8 Å². The molecule has 0 unspecified atom stereocenters. The summed E-state index contributed by atoms with van der Waals surface area (Å²) in [6, 6.07) is 1.83. The maximum Gasteiger partial charge on any atom is 0.318 e. The molecule has 0 bridgehead atoms. The van der Waals surface area contributed by atoms with Crippen LogP contribution in [0.5, 0.6) is 0 Å². The molecule has 0 saturated carbocycles. The largest absolute Gasteiger partial charge is 0.349 e. The van der Waals surface area contributed by atoms with Gasteiger partial charge in [0.15, 0.2) is 5.69 Å². The van der Waals surface area contributed by atoms with Crippen LogP contribution >= 0.6 is 0 Å². The standard InChI is InChI=1S/C17H30N6O2/c1-12(2)13(3)19-17(25)22-8-9-23-14(11-22)10-15(20-23)16(24)18-6-7-21(4)5/h10,12-13H,6-9,11H2,1-5H3,(H,18,24)(H,19,25)/t13-/m1/s1. The molecule has 0 saturated heterocycles. The highest BCUT2D eigenvalue weighted by molar-refractivity contribution is 5.92. The summed E-state index contributed by atoms with van der Waals surface area (Å²) in [5.74, 6) is 0.213. The fourth-order valence-electron chi connectivity index (χ4n) is 2.49. The molecule has 3 amide bonds.